The van der Waals surface area contributed by atoms with Gasteiger partial charge in [-0.1, -0.05) is 26.0 Å². The van der Waals surface area contributed by atoms with Crippen LogP contribution in [0.2, 0.25) is 0 Å². The zero-order valence-electron chi connectivity index (χ0n) is 15.9. The lowest BCUT2D eigenvalue weighted by Crippen LogP contribution is -2.22. The number of carbonyl (C=O) groups is 1. The maximum atomic E-state index is 12.2. The monoisotopic (exact) mass is 356 g/mol. The van der Waals surface area contributed by atoms with Gasteiger partial charge in [0, 0.05) is 5.69 Å². The molecule has 0 spiro atoms. The summed E-state index contributed by atoms with van der Waals surface area (Å²) in [7, 11) is 0. The normalized spacial score (nSPS) is 10.7. The van der Waals surface area contributed by atoms with Crippen LogP contribution in [0.5, 0.6) is 11.5 Å². The lowest BCUT2D eigenvalue weighted by Gasteiger charge is -2.14. The Kier molecular flexibility index (Phi) is 7.33. The van der Waals surface area contributed by atoms with Gasteiger partial charge in [-0.05, 0) is 56.2 Å². The summed E-state index contributed by atoms with van der Waals surface area (Å²) in [6.45, 7) is 8.92. The van der Waals surface area contributed by atoms with Gasteiger partial charge in [0.05, 0.1) is 24.9 Å². The molecule has 0 saturated carbocycles. The average Bonchev–Trinajstić information content (AvgIpc) is 2.60. The third kappa shape index (κ3) is 6.67. The van der Waals surface area contributed by atoms with Crippen molar-refractivity contribution in [2.75, 3.05) is 23.8 Å². The van der Waals surface area contributed by atoms with Gasteiger partial charge in [-0.2, -0.15) is 0 Å². The molecule has 0 aliphatic rings. The highest BCUT2D eigenvalue weighted by Crippen LogP contribution is 2.24. The molecular formula is C21H28N2O3. The Morgan fingerprint density at radius 3 is 2.35 bits per heavy atom. The molecule has 0 aromatic heterocycles. The molecule has 5 heteroatoms. The van der Waals surface area contributed by atoms with E-state index >= 15 is 0 Å². The molecule has 26 heavy (non-hydrogen) atoms. The minimum Gasteiger partial charge on any atom is -0.491 e. The summed E-state index contributed by atoms with van der Waals surface area (Å²) < 4.78 is 11.4. The van der Waals surface area contributed by atoms with Crippen LogP contribution in [0.25, 0.3) is 0 Å². The van der Waals surface area contributed by atoms with Crippen LogP contribution in [0.4, 0.5) is 11.4 Å². The topological polar surface area (TPSA) is 59.6 Å². The van der Waals surface area contributed by atoms with Crippen molar-refractivity contribution in [3.05, 3.63) is 48.5 Å². The van der Waals surface area contributed by atoms with E-state index < -0.39 is 0 Å². The first kappa shape index (κ1) is 19.6. The van der Waals surface area contributed by atoms with E-state index in [1.165, 1.54) is 0 Å². The van der Waals surface area contributed by atoms with E-state index in [0.29, 0.717) is 24.0 Å². The Hall–Kier alpha value is -2.69. The van der Waals surface area contributed by atoms with Gasteiger partial charge in [0.25, 0.3) is 0 Å². The first-order valence-electron chi connectivity index (χ1n) is 8.96. The molecule has 2 aromatic carbocycles. The van der Waals surface area contributed by atoms with Gasteiger partial charge in [0.15, 0.2) is 0 Å². The first-order valence-corrected chi connectivity index (χ1v) is 8.96. The van der Waals surface area contributed by atoms with Crippen molar-refractivity contribution in [2.45, 2.75) is 33.8 Å². The average molecular weight is 356 g/mol. The predicted molar refractivity (Wildman–Crippen MR) is 106 cm³/mol. The standard InChI is InChI=1S/C21H28N2O3/c1-15(2)14-25-20-8-6-5-7-19(20)23-21(24)13-22-17-9-11-18(12-10-17)26-16(3)4/h5-12,15-16,22H,13-14H2,1-4H3,(H,23,24). The molecule has 0 bridgehead atoms. The first-order chi connectivity index (χ1) is 12.4. The maximum Gasteiger partial charge on any atom is 0.243 e. The van der Waals surface area contributed by atoms with Crippen molar-refractivity contribution in [3.63, 3.8) is 0 Å². The van der Waals surface area contributed by atoms with Gasteiger partial charge in [-0.25, -0.2) is 0 Å². The van der Waals surface area contributed by atoms with E-state index in [1.807, 2.05) is 62.4 Å². The smallest absolute Gasteiger partial charge is 0.243 e. The number of hydrogen-bond acceptors (Lipinski definition) is 4. The second kappa shape index (κ2) is 9.70. The molecule has 0 aliphatic carbocycles. The number of anilines is 2. The molecule has 0 atom stereocenters. The summed E-state index contributed by atoms with van der Waals surface area (Å²) in [6.07, 6.45) is 0.137. The molecule has 0 saturated heterocycles. The van der Waals surface area contributed by atoms with Crippen LogP contribution in [0.15, 0.2) is 48.5 Å². The Morgan fingerprint density at radius 2 is 1.69 bits per heavy atom. The van der Waals surface area contributed by atoms with Crippen molar-refractivity contribution < 1.29 is 14.3 Å². The number of benzene rings is 2. The molecule has 140 valence electrons. The number of amides is 1. The van der Waals surface area contributed by atoms with Gasteiger partial charge in [-0.3, -0.25) is 4.79 Å². The zero-order valence-corrected chi connectivity index (χ0v) is 15.9. The molecule has 2 N–H and O–H groups in total. The van der Waals surface area contributed by atoms with Gasteiger partial charge in [0.2, 0.25) is 5.91 Å². The number of nitrogens with one attached hydrogen (secondary N) is 2. The summed E-state index contributed by atoms with van der Waals surface area (Å²) in [4.78, 5) is 12.2. The SMILES string of the molecule is CC(C)COc1ccccc1NC(=O)CNc1ccc(OC(C)C)cc1. The molecule has 2 aromatic rings. The van der Waals surface area contributed by atoms with Crippen LogP contribution < -0.4 is 20.1 Å². The van der Waals surface area contributed by atoms with E-state index in [1.54, 1.807) is 0 Å². The molecule has 5 nitrogen and oxygen atoms in total. The van der Waals surface area contributed by atoms with Crippen molar-refractivity contribution in [1.29, 1.82) is 0 Å². The van der Waals surface area contributed by atoms with Crippen molar-refractivity contribution >= 4 is 17.3 Å². The summed E-state index contributed by atoms with van der Waals surface area (Å²) in [5, 5.41) is 6.00. The Morgan fingerprint density at radius 1 is 1.00 bits per heavy atom. The van der Waals surface area contributed by atoms with E-state index in [0.717, 1.165) is 11.4 Å². The van der Waals surface area contributed by atoms with Gasteiger partial charge in [0.1, 0.15) is 11.5 Å². The largest absolute Gasteiger partial charge is 0.491 e. The third-order valence-electron chi connectivity index (χ3n) is 3.41. The lowest BCUT2D eigenvalue weighted by atomic mass is 10.2. The van der Waals surface area contributed by atoms with Crippen LogP contribution in [0.3, 0.4) is 0 Å². The van der Waals surface area contributed by atoms with Gasteiger partial charge in [-0.15, -0.1) is 0 Å². The molecule has 2 rings (SSSR count). The minimum absolute atomic E-state index is 0.131. The van der Waals surface area contributed by atoms with Crippen LogP contribution in [-0.4, -0.2) is 25.2 Å². The Labute approximate surface area is 155 Å². The van der Waals surface area contributed by atoms with Crippen LogP contribution in [-0.2, 0) is 4.79 Å². The van der Waals surface area contributed by atoms with E-state index in [4.69, 9.17) is 9.47 Å². The molecule has 0 unspecified atom stereocenters. The number of carbonyl (C=O) groups excluding carboxylic acids is 1. The quantitative estimate of drug-likeness (QED) is 0.691. The Balaban J connectivity index is 1.87. The van der Waals surface area contributed by atoms with E-state index in [-0.39, 0.29) is 18.6 Å². The molecule has 0 heterocycles. The van der Waals surface area contributed by atoms with Crippen molar-refractivity contribution in [2.24, 2.45) is 5.92 Å². The van der Waals surface area contributed by atoms with Gasteiger partial charge >= 0.3 is 0 Å². The number of hydrogen-bond donors (Lipinski definition) is 2. The molecule has 1 amide bonds. The minimum atomic E-state index is -0.131. The maximum absolute atomic E-state index is 12.2. The number of ether oxygens (including phenoxy) is 2. The fraction of sp³-hybridized carbons (Fsp3) is 0.381. The highest BCUT2D eigenvalue weighted by Gasteiger charge is 2.08. The fourth-order valence-corrected chi connectivity index (χ4v) is 2.25. The van der Waals surface area contributed by atoms with Crippen LogP contribution in [0, 0.1) is 5.92 Å². The number of rotatable bonds is 9. The second-order valence-electron chi connectivity index (χ2n) is 6.79. The highest BCUT2D eigenvalue weighted by atomic mass is 16.5. The molecule has 0 aliphatic heterocycles. The molecule has 0 radical (unpaired) electrons. The number of para-hydroxylation sites is 2. The highest BCUT2D eigenvalue weighted by molar-refractivity contribution is 5.95. The van der Waals surface area contributed by atoms with Crippen molar-refractivity contribution in [1.82, 2.24) is 0 Å². The molecular weight excluding hydrogens is 328 g/mol. The fourth-order valence-electron chi connectivity index (χ4n) is 2.25. The predicted octanol–water partition coefficient (Wildman–Crippen LogP) is 4.56. The van der Waals surface area contributed by atoms with Crippen molar-refractivity contribution in [3.8, 4) is 11.5 Å². The summed E-state index contributed by atoms with van der Waals surface area (Å²) in [5.41, 5.74) is 1.54. The van der Waals surface area contributed by atoms with Crippen LogP contribution in [0.1, 0.15) is 27.7 Å². The van der Waals surface area contributed by atoms with E-state index in [9.17, 15) is 4.79 Å². The zero-order chi connectivity index (χ0) is 18.9. The third-order valence-corrected chi connectivity index (χ3v) is 3.41. The molecule has 0 fully saturated rings. The summed E-state index contributed by atoms with van der Waals surface area (Å²) in [6, 6.07) is 15.0. The lowest BCUT2D eigenvalue weighted by molar-refractivity contribution is -0.114. The van der Waals surface area contributed by atoms with E-state index in [2.05, 4.69) is 24.5 Å². The Bertz CT molecular complexity index is 697. The summed E-state index contributed by atoms with van der Waals surface area (Å²) in [5.74, 6) is 1.78. The summed E-state index contributed by atoms with van der Waals surface area (Å²) >= 11 is 0. The van der Waals surface area contributed by atoms with Crippen LogP contribution >= 0.6 is 0 Å². The van der Waals surface area contributed by atoms with Gasteiger partial charge < -0.3 is 20.1 Å². The second-order valence-corrected chi connectivity index (χ2v) is 6.79.